The molecule has 42 heavy (non-hydrogen) atoms. The van der Waals surface area contributed by atoms with Crippen molar-refractivity contribution < 1.29 is 37.1 Å². The smallest absolute Gasteiger partial charge is 0.362 e. The Balaban J connectivity index is 1.01. The van der Waals surface area contributed by atoms with Crippen molar-refractivity contribution in [2.24, 2.45) is 0 Å². The van der Waals surface area contributed by atoms with Gasteiger partial charge in [-0.15, -0.1) is 0 Å². The van der Waals surface area contributed by atoms with Gasteiger partial charge in [-0.2, -0.15) is 20.2 Å². The summed E-state index contributed by atoms with van der Waals surface area (Å²) in [5.74, 6) is 0.294. The number of rotatable bonds is 10. The predicted octanol–water partition coefficient (Wildman–Crippen LogP) is -0.111. The van der Waals surface area contributed by atoms with E-state index in [1.807, 2.05) is 16.9 Å². The second-order valence-electron chi connectivity index (χ2n) is 10.5. The number of fused-ring (bicyclic) bond motifs is 4. The maximum Gasteiger partial charge on any atom is 0.362 e. The Morgan fingerprint density at radius 3 is 2.88 bits per heavy atom. The third kappa shape index (κ3) is 5.59. The molecule has 3 saturated heterocycles. The van der Waals surface area contributed by atoms with Crippen molar-refractivity contribution in [3.8, 4) is 0 Å². The van der Waals surface area contributed by atoms with Gasteiger partial charge in [-0.3, -0.25) is 8.98 Å². The number of aromatic nitrogens is 3. The summed E-state index contributed by atoms with van der Waals surface area (Å²) in [6.45, 7) is -0.643. The molecule has 0 unspecified atom stereocenters. The number of thioether (sulfide) groups is 1. The van der Waals surface area contributed by atoms with Gasteiger partial charge >= 0.3 is 16.3 Å². The van der Waals surface area contributed by atoms with Crippen molar-refractivity contribution in [3.63, 3.8) is 0 Å². The number of anilines is 1. The number of unbranched alkanes of at least 4 members (excludes halogenated alkanes) is 1. The minimum Gasteiger partial charge on any atom is -0.387 e. The van der Waals surface area contributed by atoms with Crippen LogP contribution in [0, 0.1) is 0 Å². The lowest BCUT2D eigenvalue weighted by molar-refractivity contribution is -0.119. The van der Waals surface area contributed by atoms with E-state index < -0.39 is 47.4 Å². The third-order valence-corrected chi connectivity index (χ3v) is 10.2. The number of ether oxygens (including phenoxy) is 1. The molecule has 7 atom stereocenters. The maximum atomic E-state index is 12.4. The van der Waals surface area contributed by atoms with Gasteiger partial charge in [-0.25, -0.2) is 19.5 Å². The van der Waals surface area contributed by atoms with E-state index in [1.165, 1.54) is 10.9 Å². The van der Waals surface area contributed by atoms with Gasteiger partial charge < -0.3 is 35.9 Å². The molecule has 0 spiro atoms. The molecular weight excluding hydrogens is 590 g/mol. The zero-order chi connectivity index (χ0) is 29.6. The Morgan fingerprint density at radius 1 is 1.24 bits per heavy atom. The van der Waals surface area contributed by atoms with Crippen molar-refractivity contribution >= 4 is 61.8 Å². The van der Waals surface area contributed by atoms with Crippen LogP contribution in [0.4, 0.5) is 10.6 Å². The number of amides is 3. The van der Waals surface area contributed by atoms with E-state index in [0.29, 0.717) is 34.8 Å². The molecule has 0 aliphatic carbocycles. The predicted molar refractivity (Wildman–Crippen MR) is 152 cm³/mol. The van der Waals surface area contributed by atoms with Gasteiger partial charge in [0.2, 0.25) is 5.91 Å². The standard InChI is InChI=1S/C25H31N7O8S2/c26-23-19-20(12-5-1-2-6-13(12)28-23)32(11-27-19)24-22(35)21(34)15(40-24)9-39-42(37,38)31-17(33)8-4-3-7-16-18-14(10-41-16)29-25(36)30-18/h1-2,5-6,11,14-16,18,21-22,24,34-35H,3-4,7-10H2,(H2,26,28)(H,31,33)(H2,29,30,36)/t14-,15+,16-,18-,21+,22+,24+/m0/s1. The topological polar surface area (TPSA) is 220 Å². The van der Waals surface area contributed by atoms with Crippen molar-refractivity contribution in [1.29, 1.82) is 0 Å². The molecule has 226 valence electrons. The molecule has 7 N–H and O–H groups in total. The van der Waals surface area contributed by atoms with Crippen LogP contribution in [0.1, 0.15) is 31.9 Å². The molecule has 2 aromatic heterocycles. The number of nitrogen functional groups attached to an aromatic ring is 1. The number of pyridine rings is 1. The number of urea groups is 1. The number of nitrogens with two attached hydrogens (primary N) is 1. The monoisotopic (exact) mass is 621 g/mol. The Bertz CT molecular complexity index is 1620. The summed E-state index contributed by atoms with van der Waals surface area (Å²) in [5, 5.41) is 28.1. The van der Waals surface area contributed by atoms with Gasteiger partial charge in [0, 0.05) is 22.8 Å². The molecule has 3 fully saturated rings. The number of aliphatic hydroxyl groups is 2. The van der Waals surface area contributed by atoms with Crippen LogP contribution in [0.25, 0.3) is 21.9 Å². The minimum absolute atomic E-state index is 0.0261. The van der Waals surface area contributed by atoms with Crippen molar-refractivity contribution in [2.45, 2.75) is 67.6 Å². The lowest BCUT2D eigenvalue weighted by Crippen LogP contribution is -2.38. The second kappa shape index (κ2) is 11.5. The normalized spacial score (nSPS) is 29.1. The number of aliphatic hydroxyl groups excluding tert-OH is 2. The summed E-state index contributed by atoms with van der Waals surface area (Å²) < 4.78 is 39.0. The summed E-state index contributed by atoms with van der Waals surface area (Å²) in [6, 6.07) is 7.22. The summed E-state index contributed by atoms with van der Waals surface area (Å²) in [4.78, 5) is 32.4. The number of benzene rings is 1. The summed E-state index contributed by atoms with van der Waals surface area (Å²) in [5.41, 5.74) is 7.59. The number of nitrogens with one attached hydrogen (secondary N) is 3. The Morgan fingerprint density at radius 2 is 2.05 bits per heavy atom. The number of hydrogen-bond donors (Lipinski definition) is 6. The van der Waals surface area contributed by atoms with Crippen LogP contribution in [0.5, 0.6) is 0 Å². The summed E-state index contributed by atoms with van der Waals surface area (Å²) in [6.07, 6.45) is -1.96. The van der Waals surface area contributed by atoms with Crippen LogP contribution in [0.15, 0.2) is 30.6 Å². The van der Waals surface area contributed by atoms with Crippen LogP contribution >= 0.6 is 11.8 Å². The van der Waals surface area contributed by atoms with Crippen molar-refractivity contribution in [1.82, 2.24) is 29.9 Å². The first-order valence-corrected chi connectivity index (χ1v) is 16.0. The van der Waals surface area contributed by atoms with E-state index in [4.69, 9.17) is 14.7 Å². The van der Waals surface area contributed by atoms with E-state index in [0.717, 1.165) is 12.2 Å². The van der Waals surface area contributed by atoms with E-state index >= 15 is 0 Å². The van der Waals surface area contributed by atoms with E-state index in [2.05, 4.69) is 20.6 Å². The largest absolute Gasteiger partial charge is 0.387 e. The van der Waals surface area contributed by atoms with Gasteiger partial charge in [-0.1, -0.05) is 24.6 Å². The van der Waals surface area contributed by atoms with Gasteiger partial charge in [0.15, 0.2) is 12.0 Å². The molecule has 15 nitrogen and oxygen atoms in total. The van der Waals surface area contributed by atoms with Crippen LogP contribution in [0.3, 0.4) is 0 Å². The Kier molecular flexibility index (Phi) is 7.88. The van der Waals surface area contributed by atoms with Crippen LogP contribution in [-0.4, -0.2) is 93.1 Å². The molecule has 6 rings (SSSR count). The molecule has 0 radical (unpaired) electrons. The third-order valence-electron chi connectivity index (χ3n) is 7.75. The number of hydrogen-bond acceptors (Lipinski definition) is 12. The molecule has 3 aliphatic rings. The highest BCUT2D eigenvalue weighted by Gasteiger charge is 2.45. The lowest BCUT2D eigenvalue weighted by Gasteiger charge is -2.18. The molecule has 3 aromatic rings. The van der Waals surface area contributed by atoms with E-state index in [-0.39, 0.29) is 35.6 Å². The van der Waals surface area contributed by atoms with Gasteiger partial charge in [0.1, 0.15) is 23.8 Å². The van der Waals surface area contributed by atoms with Crippen LogP contribution < -0.4 is 21.1 Å². The van der Waals surface area contributed by atoms with Crippen molar-refractivity contribution in [3.05, 3.63) is 30.6 Å². The molecule has 5 heterocycles. The first-order valence-electron chi connectivity index (χ1n) is 13.5. The Hall–Kier alpha value is -3.22. The zero-order valence-corrected chi connectivity index (χ0v) is 23.9. The van der Waals surface area contributed by atoms with Crippen LogP contribution in [-0.2, 0) is 24.0 Å². The quantitative estimate of drug-likeness (QED) is 0.129. The fraction of sp³-hybridized carbons (Fsp3) is 0.520. The summed E-state index contributed by atoms with van der Waals surface area (Å²) >= 11 is 1.77. The number of carbonyl (C=O) groups excluding carboxylic acids is 2. The Labute approximate surface area is 244 Å². The van der Waals surface area contributed by atoms with E-state index in [1.54, 1.807) is 23.9 Å². The average molecular weight is 622 g/mol. The highest BCUT2D eigenvalue weighted by atomic mass is 32.2. The molecule has 17 heteroatoms. The fourth-order valence-corrected chi connectivity index (χ4v) is 8.01. The maximum absolute atomic E-state index is 12.4. The number of imidazole rings is 1. The lowest BCUT2D eigenvalue weighted by atomic mass is 10.0. The van der Waals surface area contributed by atoms with Crippen LogP contribution in [0.2, 0.25) is 0 Å². The fourth-order valence-electron chi connectivity index (χ4n) is 5.71. The first-order chi connectivity index (χ1) is 20.1. The number of para-hydroxylation sites is 1. The van der Waals surface area contributed by atoms with Crippen molar-refractivity contribution in [2.75, 3.05) is 18.1 Å². The average Bonchev–Trinajstić information content (AvgIpc) is 3.70. The molecule has 0 bridgehead atoms. The highest BCUT2D eigenvalue weighted by molar-refractivity contribution is 8.00. The van der Waals surface area contributed by atoms with E-state index in [9.17, 15) is 28.2 Å². The SMILES string of the molecule is Nc1nc2ccccc2c2c1ncn2[C@@H]1O[C@H](COS(=O)(=O)NC(=O)CCCC[C@@H]2SC[C@@H]3NC(=O)N[C@@H]32)[C@@H](O)[C@H]1O. The number of nitrogens with zero attached hydrogens (tertiary/aromatic N) is 3. The molecular formula is C25H31N7O8S2. The molecule has 3 aliphatic heterocycles. The minimum atomic E-state index is -4.50. The zero-order valence-electron chi connectivity index (χ0n) is 22.3. The van der Waals surface area contributed by atoms with Gasteiger partial charge in [0.25, 0.3) is 0 Å². The number of carbonyl (C=O) groups is 2. The van der Waals surface area contributed by atoms with Gasteiger partial charge in [-0.05, 0) is 18.9 Å². The summed E-state index contributed by atoms with van der Waals surface area (Å²) in [7, 11) is -4.50. The molecule has 1 aromatic carbocycles. The molecule has 3 amide bonds. The van der Waals surface area contributed by atoms with Gasteiger partial charge in [0.05, 0.1) is 36.1 Å². The molecule has 0 saturated carbocycles. The first kappa shape index (κ1) is 28.9. The second-order valence-corrected chi connectivity index (χ2v) is 13.2. The highest BCUT2D eigenvalue weighted by Crippen LogP contribution is 2.36.